The Morgan fingerprint density at radius 3 is 2.85 bits per heavy atom. The van der Waals surface area contributed by atoms with Crippen LogP contribution in [0.1, 0.15) is 32.4 Å². The molecule has 2 rings (SSSR count). The third kappa shape index (κ3) is 3.70. The fourth-order valence-electron chi connectivity index (χ4n) is 2.37. The van der Waals surface area contributed by atoms with E-state index in [0.29, 0.717) is 5.92 Å². The lowest BCUT2D eigenvalue weighted by Gasteiger charge is -2.15. The lowest BCUT2D eigenvalue weighted by molar-refractivity contribution is 0.266. The van der Waals surface area contributed by atoms with E-state index in [1.165, 1.54) is 5.39 Å². The highest BCUT2D eigenvalue weighted by atomic mass is 16.3. The van der Waals surface area contributed by atoms with Gasteiger partial charge < -0.3 is 10.4 Å². The highest BCUT2D eigenvalue weighted by Crippen LogP contribution is 2.24. The summed E-state index contributed by atoms with van der Waals surface area (Å²) in [5.41, 5.74) is 3.35. The lowest BCUT2D eigenvalue weighted by Crippen LogP contribution is -2.13. The molecule has 0 saturated heterocycles. The van der Waals surface area contributed by atoms with Gasteiger partial charge in [-0.15, -0.1) is 0 Å². The van der Waals surface area contributed by atoms with Gasteiger partial charge in [-0.25, -0.2) is 0 Å². The Morgan fingerprint density at radius 1 is 1.30 bits per heavy atom. The summed E-state index contributed by atoms with van der Waals surface area (Å²) in [7, 11) is 0. The van der Waals surface area contributed by atoms with Crippen LogP contribution < -0.4 is 5.32 Å². The normalized spacial score (nSPS) is 12.6. The molecular formula is C17H24N2O. The Hall–Kier alpha value is -1.61. The van der Waals surface area contributed by atoms with Gasteiger partial charge in [-0.1, -0.05) is 38.5 Å². The molecule has 0 fully saturated rings. The first-order chi connectivity index (χ1) is 9.74. The van der Waals surface area contributed by atoms with Gasteiger partial charge in [-0.2, -0.15) is 0 Å². The van der Waals surface area contributed by atoms with Crippen molar-refractivity contribution < 1.29 is 5.11 Å². The molecule has 0 bridgehead atoms. The molecule has 0 aliphatic heterocycles. The number of para-hydroxylation sites is 1. The number of rotatable bonds is 7. The maximum atomic E-state index is 8.98. The average molecular weight is 272 g/mol. The first kappa shape index (κ1) is 14.8. The molecule has 0 aliphatic rings. The van der Waals surface area contributed by atoms with E-state index in [1.54, 1.807) is 0 Å². The number of hydrogen-bond acceptors (Lipinski definition) is 3. The van der Waals surface area contributed by atoms with Gasteiger partial charge in [0.15, 0.2) is 0 Å². The number of hydrogen-bond donors (Lipinski definition) is 2. The number of nitrogens with one attached hydrogen (secondary N) is 1. The number of anilines is 1. The Morgan fingerprint density at radius 2 is 2.10 bits per heavy atom. The van der Waals surface area contributed by atoms with Crippen molar-refractivity contribution >= 4 is 16.6 Å². The topological polar surface area (TPSA) is 45.1 Å². The van der Waals surface area contributed by atoms with E-state index in [0.717, 1.165) is 42.7 Å². The van der Waals surface area contributed by atoms with Crippen LogP contribution in [0.3, 0.4) is 0 Å². The number of aliphatic hydroxyl groups is 1. The molecule has 0 amide bonds. The van der Waals surface area contributed by atoms with E-state index in [-0.39, 0.29) is 6.61 Å². The van der Waals surface area contributed by atoms with Gasteiger partial charge in [0, 0.05) is 29.9 Å². The molecule has 0 spiro atoms. The van der Waals surface area contributed by atoms with Crippen LogP contribution in [0, 0.1) is 5.92 Å². The number of aryl methyl sites for hydroxylation is 1. The predicted octanol–water partition coefficient (Wildman–Crippen LogP) is 3.62. The van der Waals surface area contributed by atoms with Gasteiger partial charge >= 0.3 is 0 Å². The first-order valence-corrected chi connectivity index (χ1v) is 7.48. The molecule has 108 valence electrons. The zero-order valence-electron chi connectivity index (χ0n) is 12.4. The van der Waals surface area contributed by atoms with Gasteiger partial charge in [0.05, 0.1) is 5.52 Å². The molecule has 0 saturated carbocycles. The molecule has 1 unspecified atom stereocenters. The van der Waals surface area contributed by atoms with Crippen molar-refractivity contribution in [3.8, 4) is 0 Å². The van der Waals surface area contributed by atoms with E-state index in [9.17, 15) is 0 Å². The highest BCUT2D eigenvalue weighted by Gasteiger charge is 2.07. The molecule has 0 radical (unpaired) electrons. The summed E-state index contributed by atoms with van der Waals surface area (Å²) in [5, 5.41) is 13.7. The molecule has 1 aromatic carbocycles. The van der Waals surface area contributed by atoms with Crippen LogP contribution in [-0.2, 0) is 6.42 Å². The molecule has 1 heterocycles. The second-order valence-electron chi connectivity index (χ2n) is 5.43. The molecule has 1 aromatic heterocycles. The highest BCUT2D eigenvalue weighted by molar-refractivity contribution is 5.91. The largest absolute Gasteiger partial charge is 0.396 e. The van der Waals surface area contributed by atoms with Crippen molar-refractivity contribution in [2.75, 3.05) is 18.5 Å². The maximum Gasteiger partial charge on any atom is 0.0726 e. The van der Waals surface area contributed by atoms with Crippen LogP contribution in [0.2, 0.25) is 0 Å². The summed E-state index contributed by atoms with van der Waals surface area (Å²) in [6.45, 7) is 5.45. The van der Waals surface area contributed by atoms with Crippen molar-refractivity contribution in [1.82, 2.24) is 4.98 Å². The molecule has 0 aliphatic carbocycles. The number of nitrogens with zero attached hydrogens (tertiary/aromatic N) is 1. The molecule has 2 N–H and O–H groups in total. The molecule has 3 nitrogen and oxygen atoms in total. The minimum absolute atomic E-state index is 0.251. The molecule has 3 heteroatoms. The van der Waals surface area contributed by atoms with Crippen LogP contribution >= 0.6 is 0 Å². The standard InChI is InChI=1S/C17H24N2O/c1-3-6-14-11-17(18-12-13(2)9-10-20)15-7-4-5-8-16(15)19-14/h4-5,7-8,11,13,20H,3,6,9-10,12H2,1-2H3,(H,18,19). The second kappa shape index (κ2) is 7.25. The van der Waals surface area contributed by atoms with Crippen molar-refractivity contribution in [1.29, 1.82) is 0 Å². The quantitative estimate of drug-likeness (QED) is 0.809. The van der Waals surface area contributed by atoms with Gasteiger partial charge in [0.25, 0.3) is 0 Å². The van der Waals surface area contributed by atoms with Gasteiger partial charge in [0.1, 0.15) is 0 Å². The summed E-state index contributed by atoms with van der Waals surface area (Å²) >= 11 is 0. The summed E-state index contributed by atoms with van der Waals surface area (Å²) in [4.78, 5) is 4.71. The van der Waals surface area contributed by atoms with Crippen LogP contribution in [0.15, 0.2) is 30.3 Å². The number of aromatic nitrogens is 1. The Balaban J connectivity index is 2.25. The number of pyridine rings is 1. The fraction of sp³-hybridized carbons (Fsp3) is 0.471. The number of aliphatic hydroxyl groups excluding tert-OH is 1. The van der Waals surface area contributed by atoms with Crippen LogP contribution in [0.5, 0.6) is 0 Å². The van der Waals surface area contributed by atoms with E-state index >= 15 is 0 Å². The van der Waals surface area contributed by atoms with Gasteiger partial charge in [-0.05, 0) is 30.9 Å². The van der Waals surface area contributed by atoms with Crippen molar-refractivity contribution in [2.24, 2.45) is 5.92 Å². The summed E-state index contributed by atoms with van der Waals surface area (Å²) in [5.74, 6) is 0.460. The first-order valence-electron chi connectivity index (χ1n) is 7.48. The van der Waals surface area contributed by atoms with Crippen molar-refractivity contribution in [2.45, 2.75) is 33.1 Å². The van der Waals surface area contributed by atoms with E-state index < -0.39 is 0 Å². The van der Waals surface area contributed by atoms with Crippen molar-refractivity contribution in [3.05, 3.63) is 36.0 Å². The minimum atomic E-state index is 0.251. The maximum absolute atomic E-state index is 8.98. The second-order valence-corrected chi connectivity index (χ2v) is 5.43. The van der Waals surface area contributed by atoms with Crippen molar-refractivity contribution in [3.63, 3.8) is 0 Å². The average Bonchev–Trinajstić information content (AvgIpc) is 2.45. The molecule has 20 heavy (non-hydrogen) atoms. The summed E-state index contributed by atoms with van der Waals surface area (Å²) in [6.07, 6.45) is 2.94. The zero-order chi connectivity index (χ0) is 14.4. The SMILES string of the molecule is CCCc1cc(NCC(C)CCO)c2ccccc2n1. The van der Waals surface area contributed by atoms with E-state index in [4.69, 9.17) is 10.1 Å². The number of benzene rings is 1. The third-order valence-electron chi connectivity index (χ3n) is 3.54. The monoisotopic (exact) mass is 272 g/mol. The summed E-state index contributed by atoms with van der Waals surface area (Å²) < 4.78 is 0. The van der Waals surface area contributed by atoms with Crippen LogP contribution in [0.4, 0.5) is 5.69 Å². The Labute approximate surface area is 121 Å². The summed E-state index contributed by atoms with van der Waals surface area (Å²) in [6, 6.07) is 10.4. The van der Waals surface area contributed by atoms with Gasteiger partial charge in [0.2, 0.25) is 0 Å². The molecular weight excluding hydrogens is 248 g/mol. The third-order valence-corrected chi connectivity index (χ3v) is 3.54. The predicted molar refractivity (Wildman–Crippen MR) is 85.1 cm³/mol. The number of fused-ring (bicyclic) bond motifs is 1. The van der Waals surface area contributed by atoms with E-state index in [1.807, 2.05) is 12.1 Å². The minimum Gasteiger partial charge on any atom is -0.396 e. The molecule has 2 aromatic rings. The van der Waals surface area contributed by atoms with E-state index in [2.05, 4.69) is 37.4 Å². The van der Waals surface area contributed by atoms with Crippen LogP contribution in [-0.4, -0.2) is 23.2 Å². The molecule has 1 atom stereocenters. The Kier molecular flexibility index (Phi) is 5.36. The lowest BCUT2D eigenvalue weighted by atomic mass is 10.1. The Bertz CT molecular complexity index is 554. The van der Waals surface area contributed by atoms with Crippen LogP contribution in [0.25, 0.3) is 10.9 Å². The smallest absolute Gasteiger partial charge is 0.0726 e. The van der Waals surface area contributed by atoms with Gasteiger partial charge in [-0.3, -0.25) is 4.98 Å². The zero-order valence-corrected chi connectivity index (χ0v) is 12.4. The fourth-order valence-corrected chi connectivity index (χ4v) is 2.37.